The summed E-state index contributed by atoms with van der Waals surface area (Å²) in [5.41, 5.74) is 0.872. The maximum Gasteiger partial charge on any atom is 0.328 e. The van der Waals surface area contributed by atoms with Crippen molar-refractivity contribution >= 4 is 29.3 Å². The third-order valence-electron chi connectivity index (χ3n) is 2.85. The highest BCUT2D eigenvalue weighted by molar-refractivity contribution is 7.10. The molecule has 0 saturated carbocycles. The van der Waals surface area contributed by atoms with Gasteiger partial charge in [-0.15, -0.1) is 11.3 Å². The Balaban J connectivity index is 1.98. The second kappa shape index (κ2) is 5.35. The lowest BCUT2D eigenvalue weighted by Crippen LogP contribution is -2.23. The number of carboxylic acids is 1. The Hall–Kier alpha value is -1.62. The zero-order valence-electron chi connectivity index (χ0n) is 10.1. The number of nitrogens with zero attached hydrogens (tertiary/aromatic N) is 1. The van der Waals surface area contributed by atoms with Crippen LogP contribution in [0.3, 0.4) is 0 Å². The van der Waals surface area contributed by atoms with Gasteiger partial charge in [-0.1, -0.05) is 6.92 Å². The van der Waals surface area contributed by atoms with Crippen LogP contribution in [0.2, 0.25) is 0 Å². The van der Waals surface area contributed by atoms with Crippen molar-refractivity contribution in [3.05, 3.63) is 28.0 Å². The summed E-state index contributed by atoms with van der Waals surface area (Å²) in [4.78, 5) is 25.0. The Morgan fingerprint density at radius 3 is 3.06 bits per heavy atom. The van der Waals surface area contributed by atoms with Crippen molar-refractivity contribution in [2.75, 3.05) is 6.54 Å². The quantitative estimate of drug-likeness (QED) is 0.849. The van der Waals surface area contributed by atoms with Gasteiger partial charge < -0.3 is 10.0 Å². The second-order valence-corrected chi connectivity index (χ2v) is 5.60. The van der Waals surface area contributed by atoms with Crippen molar-refractivity contribution in [1.82, 2.24) is 4.90 Å². The van der Waals surface area contributed by atoms with Gasteiger partial charge in [-0.3, -0.25) is 4.79 Å². The number of hydrogen-bond donors (Lipinski definition) is 1. The predicted molar refractivity (Wildman–Crippen MR) is 70.2 cm³/mol. The summed E-state index contributed by atoms with van der Waals surface area (Å²) in [5.74, 6) is -0.311. The normalized spacial score (nSPS) is 19.9. The van der Waals surface area contributed by atoms with E-state index in [2.05, 4.69) is 6.92 Å². The van der Waals surface area contributed by atoms with Crippen molar-refractivity contribution in [2.24, 2.45) is 5.92 Å². The number of rotatable bonds is 4. The molecule has 1 aliphatic rings. The molecule has 0 radical (unpaired) electrons. The molecule has 1 saturated heterocycles. The van der Waals surface area contributed by atoms with Gasteiger partial charge in [-0.05, 0) is 29.0 Å². The molecule has 1 N–H and O–H groups in total. The van der Waals surface area contributed by atoms with Crippen LogP contribution in [-0.2, 0) is 16.1 Å². The van der Waals surface area contributed by atoms with E-state index in [1.165, 1.54) is 0 Å². The smallest absolute Gasteiger partial charge is 0.328 e. The zero-order chi connectivity index (χ0) is 13.1. The van der Waals surface area contributed by atoms with Crippen molar-refractivity contribution in [3.8, 4) is 0 Å². The second-order valence-electron chi connectivity index (χ2n) is 4.60. The molecule has 2 rings (SSSR count). The molecule has 1 aliphatic heterocycles. The minimum atomic E-state index is -0.953. The van der Waals surface area contributed by atoms with Gasteiger partial charge in [-0.2, -0.15) is 0 Å². The van der Waals surface area contributed by atoms with Gasteiger partial charge in [0.15, 0.2) is 0 Å². The largest absolute Gasteiger partial charge is 0.478 e. The Labute approximate surface area is 110 Å². The molecule has 0 spiro atoms. The van der Waals surface area contributed by atoms with Gasteiger partial charge in [0.25, 0.3) is 0 Å². The third kappa shape index (κ3) is 3.20. The van der Waals surface area contributed by atoms with Crippen LogP contribution in [-0.4, -0.2) is 28.4 Å². The summed E-state index contributed by atoms with van der Waals surface area (Å²) in [6.45, 7) is 3.53. The average Bonchev–Trinajstić information content (AvgIpc) is 2.84. The Morgan fingerprint density at radius 2 is 2.44 bits per heavy atom. The predicted octanol–water partition coefficient (Wildman–Crippen LogP) is 2.21. The number of carbonyl (C=O) groups is 2. The lowest BCUT2D eigenvalue weighted by molar-refractivity contribution is -0.131. The fraction of sp³-hybridized carbons (Fsp3) is 0.385. The number of thiophene rings is 1. The van der Waals surface area contributed by atoms with Gasteiger partial charge in [-0.25, -0.2) is 4.79 Å². The highest BCUT2D eigenvalue weighted by atomic mass is 32.1. The van der Waals surface area contributed by atoms with Crippen molar-refractivity contribution in [3.63, 3.8) is 0 Å². The monoisotopic (exact) mass is 265 g/mol. The minimum Gasteiger partial charge on any atom is -0.478 e. The number of aliphatic carboxylic acids is 1. The summed E-state index contributed by atoms with van der Waals surface area (Å²) >= 11 is 1.55. The SMILES string of the molecule is CC1CC(=O)N(Cc2cc(C=CC(=O)O)cs2)C1. The Kier molecular flexibility index (Phi) is 3.81. The van der Waals surface area contributed by atoms with E-state index in [1.807, 2.05) is 16.3 Å². The molecule has 1 aromatic rings. The molecule has 0 bridgehead atoms. The maximum absolute atomic E-state index is 11.6. The van der Waals surface area contributed by atoms with Crippen LogP contribution in [0, 0.1) is 5.92 Å². The van der Waals surface area contributed by atoms with E-state index in [-0.39, 0.29) is 5.91 Å². The molecule has 1 amide bonds. The van der Waals surface area contributed by atoms with Crippen LogP contribution in [0.5, 0.6) is 0 Å². The zero-order valence-corrected chi connectivity index (χ0v) is 10.9. The number of hydrogen-bond acceptors (Lipinski definition) is 3. The maximum atomic E-state index is 11.6. The topological polar surface area (TPSA) is 57.6 Å². The van der Waals surface area contributed by atoms with Crippen molar-refractivity contribution in [2.45, 2.75) is 19.9 Å². The van der Waals surface area contributed by atoms with E-state index < -0.39 is 5.97 Å². The van der Waals surface area contributed by atoms with Crippen LogP contribution >= 0.6 is 11.3 Å². The summed E-state index contributed by atoms with van der Waals surface area (Å²) < 4.78 is 0. The van der Waals surface area contributed by atoms with Crippen LogP contribution < -0.4 is 0 Å². The first-order valence-corrected chi connectivity index (χ1v) is 6.69. The molecule has 1 aromatic heterocycles. The molecule has 2 heterocycles. The first-order chi connectivity index (χ1) is 8.54. The van der Waals surface area contributed by atoms with Gasteiger partial charge in [0.2, 0.25) is 5.91 Å². The van der Waals surface area contributed by atoms with E-state index in [9.17, 15) is 9.59 Å². The van der Waals surface area contributed by atoms with Crippen LogP contribution in [0.15, 0.2) is 17.5 Å². The molecule has 1 atom stereocenters. The van der Waals surface area contributed by atoms with Gasteiger partial charge >= 0.3 is 5.97 Å². The standard InChI is InChI=1S/C13H15NO3S/c1-9-4-12(15)14(6-9)7-11-5-10(8-18-11)2-3-13(16)17/h2-3,5,8-9H,4,6-7H2,1H3,(H,16,17). The van der Waals surface area contributed by atoms with Crippen LogP contribution in [0.1, 0.15) is 23.8 Å². The molecule has 1 unspecified atom stereocenters. The molecule has 96 valence electrons. The number of carboxylic acid groups (broad SMARTS) is 1. The molecule has 5 heteroatoms. The van der Waals surface area contributed by atoms with Gasteiger partial charge in [0.05, 0.1) is 6.54 Å². The lowest BCUT2D eigenvalue weighted by atomic mass is 10.2. The lowest BCUT2D eigenvalue weighted by Gasteiger charge is -2.14. The summed E-state index contributed by atoms with van der Waals surface area (Å²) in [7, 11) is 0. The van der Waals surface area contributed by atoms with E-state index in [0.717, 1.165) is 23.1 Å². The van der Waals surface area contributed by atoms with Crippen molar-refractivity contribution < 1.29 is 14.7 Å². The highest BCUT2D eigenvalue weighted by Gasteiger charge is 2.26. The number of carbonyl (C=O) groups excluding carboxylic acids is 1. The van der Waals surface area contributed by atoms with Crippen LogP contribution in [0.25, 0.3) is 6.08 Å². The Bertz CT molecular complexity index is 492. The van der Waals surface area contributed by atoms with E-state index >= 15 is 0 Å². The molecule has 1 fully saturated rings. The van der Waals surface area contributed by atoms with E-state index in [1.54, 1.807) is 17.4 Å². The molecular formula is C13H15NO3S. The summed E-state index contributed by atoms with van der Waals surface area (Å²) in [6.07, 6.45) is 3.32. The minimum absolute atomic E-state index is 0.207. The molecule has 0 aromatic carbocycles. The third-order valence-corrected chi connectivity index (χ3v) is 3.79. The molecular weight excluding hydrogens is 250 g/mol. The number of amides is 1. The molecule has 0 aliphatic carbocycles. The van der Waals surface area contributed by atoms with E-state index in [4.69, 9.17) is 5.11 Å². The van der Waals surface area contributed by atoms with E-state index in [0.29, 0.717) is 18.9 Å². The first-order valence-electron chi connectivity index (χ1n) is 5.81. The summed E-state index contributed by atoms with van der Waals surface area (Å²) in [5, 5.41) is 10.4. The molecule has 18 heavy (non-hydrogen) atoms. The molecule has 4 nitrogen and oxygen atoms in total. The summed E-state index contributed by atoms with van der Waals surface area (Å²) in [6, 6.07) is 1.93. The fourth-order valence-corrected chi connectivity index (χ4v) is 2.91. The van der Waals surface area contributed by atoms with Gasteiger partial charge in [0.1, 0.15) is 0 Å². The van der Waals surface area contributed by atoms with Crippen molar-refractivity contribution in [1.29, 1.82) is 0 Å². The fourth-order valence-electron chi connectivity index (χ4n) is 2.05. The average molecular weight is 265 g/mol. The van der Waals surface area contributed by atoms with Gasteiger partial charge in [0, 0.05) is 23.9 Å². The first kappa shape index (κ1) is 12.8. The van der Waals surface area contributed by atoms with Crippen LogP contribution in [0.4, 0.5) is 0 Å². The highest BCUT2D eigenvalue weighted by Crippen LogP contribution is 2.23. The number of likely N-dealkylation sites (tertiary alicyclic amines) is 1. The Morgan fingerprint density at radius 1 is 1.67 bits per heavy atom.